The molecule has 18 heavy (non-hydrogen) atoms. The van der Waals surface area contributed by atoms with Gasteiger partial charge in [-0.1, -0.05) is 13.8 Å². The molecule has 8 nitrogen and oxygen atoms in total. The van der Waals surface area contributed by atoms with E-state index in [-0.39, 0.29) is 34.6 Å². The van der Waals surface area contributed by atoms with Crippen molar-refractivity contribution in [3.05, 3.63) is 0 Å². The molecule has 2 amide bonds. The molecule has 10 heteroatoms. The van der Waals surface area contributed by atoms with Gasteiger partial charge in [0.15, 0.2) is 0 Å². The molecule has 0 aromatic carbocycles. The predicted molar refractivity (Wildman–Crippen MR) is 50.9 cm³/mol. The normalized spacial score (nSPS) is 20.0. The zero-order chi connectivity index (χ0) is 13.4. The van der Waals surface area contributed by atoms with Crippen LogP contribution in [0.1, 0.15) is 20.3 Å². The van der Waals surface area contributed by atoms with Crippen molar-refractivity contribution in [2.45, 2.75) is 25.5 Å². The van der Waals surface area contributed by atoms with Gasteiger partial charge in [0.25, 0.3) is 11.8 Å². The number of hydroxylamine groups is 2. The average Bonchev–Trinajstić information content (AvgIpc) is 2.44. The first kappa shape index (κ1) is 17.5. The second-order valence-corrected chi connectivity index (χ2v) is 5.33. The van der Waals surface area contributed by atoms with Crippen LogP contribution in [-0.4, -0.2) is 41.1 Å². The fraction of sp³-hybridized carbons (Fsp3) is 0.625. The summed E-state index contributed by atoms with van der Waals surface area (Å²) < 4.78 is 32.0. The summed E-state index contributed by atoms with van der Waals surface area (Å²) in [5, 5.41) is -1.96. The number of carbonyl (C=O) groups is 3. The Labute approximate surface area is 126 Å². The van der Waals surface area contributed by atoms with E-state index in [1.165, 1.54) is 13.8 Å². The molecule has 1 rings (SSSR count). The smallest absolute Gasteiger partial charge is 0.747 e. The zero-order valence-electron chi connectivity index (χ0n) is 10.1. The third-order valence-electron chi connectivity index (χ3n) is 2.06. The van der Waals surface area contributed by atoms with Crippen LogP contribution in [0.5, 0.6) is 0 Å². The Bertz CT molecular complexity index is 472. The van der Waals surface area contributed by atoms with Gasteiger partial charge in [0.1, 0.15) is 15.4 Å². The molecule has 1 aliphatic heterocycles. The standard InChI is InChI=1S/C8H11NO7S.Na/c1-4(2)8(12)16-9-6(10)3-5(7(9)11)17(13,14)15;/h4-5H,3H2,1-2H3,(H,13,14,15);/q;+1/p-1. The number of amides is 2. The van der Waals surface area contributed by atoms with Crippen molar-refractivity contribution in [3.63, 3.8) is 0 Å². The van der Waals surface area contributed by atoms with Gasteiger partial charge in [0, 0.05) is 0 Å². The molecule has 0 aromatic rings. The molecule has 1 fully saturated rings. The number of rotatable bonds is 3. The number of imide groups is 1. The van der Waals surface area contributed by atoms with E-state index >= 15 is 0 Å². The third-order valence-corrected chi connectivity index (χ3v) is 3.13. The van der Waals surface area contributed by atoms with E-state index in [0.717, 1.165) is 0 Å². The van der Waals surface area contributed by atoms with Crippen LogP contribution in [0.25, 0.3) is 0 Å². The second-order valence-electron chi connectivity index (χ2n) is 3.78. The topological polar surface area (TPSA) is 121 Å². The summed E-state index contributed by atoms with van der Waals surface area (Å²) in [7, 11) is -4.93. The van der Waals surface area contributed by atoms with Gasteiger partial charge < -0.3 is 9.39 Å². The Kier molecular flexibility index (Phi) is 5.95. The van der Waals surface area contributed by atoms with Gasteiger partial charge in [-0.25, -0.2) is 13.2 Å². The van der Waals surface area contributed by atoms with Crippen molar-refractivity contribution >= 4 is 27.9 Å². The summed E-state index contributed by atoms with van der Waals surface area (Å²) >= 11 is 0. The van der Waals surface area contributed by atoms with Crippen molar-refractivity contribution in [1.29, 1.82) is 0 Å². The molecule has 0 aromatic heterocycles. The Morgan fingerprint density at radius 3 is 2.28 bits per heavy atom. The molecule has 1 unspecified atom stereocenters. The van der Waals surface area contributed by atoms with Crippen LogP contribution in [0, 0.1) is 5.92 Å². The van der Waals surface area contributed by atoms with Crippen molar-refractivity contribution in [2.24, 2.45) is 5.92 Å². The molecule has 1 saturated heterocycles. The largest absolute Gasteiger partial charge is 1.00 e. The molecule has 0 aliphatic carbocycles. The summed E-state index contributed by atoms with van der Waals surface area (Å²) in [6, 6.07) is 0. The summed E-state index contributed by atoms with van der Waals surface area (Å²) in [5.41, 5.74) is 0. The Morgan fingerprint density at radius 1 is 1.44 bits per heavy atom. The molecule has 1 aliphatic rings. The van der Waals surface area contributed by atoms with Gasteiger partial charge >= 0.3 is 35.5 Å². The first-order valence-electron chi connectivity index (χ1n) is 4.68. The first-order valence-corrected chi connectivity index (χ1v) is 6.15. The molecular weight excluding hydrogens is 277 g/mol. The molecule has 0 saturated carbocycles. The maximum atomic E-state index is 11.4. The van der Waals surface area contributed by atoms with Gasteiger partial charge in [-0.15, -0.1) is 5.06 Å². The summed E-state index contributed by atoms with van der Waals surface area (Å²) in [4.78, 5) is 38.2. The monoisotopic (exact) mass is 287 g/mol. The average molecular weight is 287 g/mol. The summed E-state index contributed by atoms with van der Waals surface area (Å²) in [5.74, 6) is -3.80. The van der Waals surface area contributed by atoms with Crippen LogP contribution in [0.3, 0.4) is 0 Å². The number of hydrogen-bond acceptors (Lipinski definition) is 7. The molecule has 96 valence electrons. The molecule has 0 radical (unpaired) electrons. The first-order chi connectivity index (χ1) is 7.64. The fourth-order valence-electron chi connectivity index (χ4n) is 1.10. The Morgan fingerprint density at radius 2 is 1.94 bits per heavy atom. The minimum atomic E-state index is -4.93. The van der Waals surface area contributed by atoms with E-state index in [9.17, 15) is 27.4 Å². The van der Waals surface area contributed by atoms with Crippen molar-refractivity contribution in [3.8, 4) is 0 Å². The second kappa shape index (κ2) is 6.11. The minimum Gasteiger partial charge on any atom is -0.747 e. The summed E-state index contributed by atoms with van der Waals surface area (Å²) in [6.07, 6.45) is -0.796. The van der Waals surface area contributed by atoms with E-state index in [4.69, 9.17) is 0 Å². The van der Waals surface area contributed by atoms with E-state index in [1.54, 1.807) is 0 Å². The molecule has 1 atom stereocenters. The van der Waals surface area contributed by atoms with Gasteiger partial charge in [-0.05, 0) is 0 Å². The Balaban J connectivity index is 0.00000289. The minimum absolute atomic E-state index is 0. The van der Waals surface area contributed by atoms with Crippen molar-refractivity contribution in [2.75, 3.05) is 0 Å². The molecule has 0 spiro atoms. The Hall–Kier alpha value is -0.480. The van der Waals surface area contributed by atoms with Crippen molar-refractivity contribution in [1.82, 2.24) is 5.06 Å². The van der Waals surface area contributed by atoms with Crippen LogP contribution >= 0.6 is 0 Å². The molecular formula is C8H10NNaO7S. The van der Waals surface area contributed by atoms with Crippen LogP contribution in [0.2, 0.25) is 0 Å². The van der Waals surface area contributed by atoms with Crippen LogP contribution in [0.15, 0.2) is 0 Å². The SMILES string of the molecule is CC(C)C(=O)ON1C(=O)CC(S(=O)(=O)[O-])C1=O.[Na+]. The van der Waals surface area contributed by atoms with Gasteiger partial charge in [-0.3, -0.25) is 9.59 Å². The predicted octanol–water partition coefficient (Wildman–Crippen LogP) is -4.22. The number of hydrogen-bond donors (Lipinski definition) is 0. The summed E-state index contributed by atoms with van der Waals surface area (Å²) in [6.45, 7) is 2.93. The molecule has 1 heterocycles. The molecule has 0 N–H and O–H groups in total. The van der Waals surface area contributed by atoms with Gasteiger partial charge in [0.05, 0.1) is 12.3 Å². The maximum Gasteiger partial charge on any atom is 1.00 e. The van der Waals surface area contributed by atoms with E-state index in [0.29, 0.717) is 0 Å². The number of nitrogens with zero attached hydrogens (tertiary/aromatic N) is 1. The van der Waals surface area contributed by atoms with E-state index in [2.05, 4.69) is 4.84 Å². The van der Waals surface area contributed by atoms with Crippen LogP contribution in [-0.2, 0) is 29.3 Å². The van der Waals surface area contributed by atoms with Crippen LogP contribution < -0.4 is 29.6 Å². The fourth-order valence-corrected chi connectivity index (χ4v) is 1.79. The van der Waals surface area contributed by atoms with Crippen molar-refractivity contribution < 1.29 is 61.7 Å². The van der Waals surface area contributed by atoms with E-state index in [1.807, 2.05) is 0 Å². The quantitative estimate of drug-likeness (QED) is 0.293. The van der Waals surface area contributed by atoms with Crippen LogP contribution in [0.4, 0.5) is 0 Å². The van der Waals surface area contributed by atoms with Gasteiger partial charge in [0.2, 0.25) is 0 Å². The number of carbonyl (C=O) groups excluding carboxylic acids is 3. The zero-order valence-corrected chi connectivity index (χ0v) is 12.9. The third kappa shape index (κ3) is 3.75. The van der Waals surface area contributed by atoms with E-state index < -0.39 is 45.5 Å². The maximum absolute atomic E-state index is 11.4. The molecule has 0 bridgehead atoms. The van der Waals surface area contributed by atoms with Gasteiger partial charge in [-0.2, -0.15) is 0 Å².